The second kappa shape index (κ2) is 4.12. The van der Waals surface area contributed by atoms with E-state index in [2.05, 4.69) is 5.32 Å². The average Bonchev–Trinajstić information content (AvgIpc) is 2.97. The van der Waals surface area contributed by atoms with Gasteiger partial charge >= 0.3 is 0 Å². The highest BCUT2D eigenvalue weighted by Crippen LogP contribution is 2.42. The summed E-state index contributed by atoms with van der Waals surface area (Å²) in [6.45, 7) is 4.39. The van der Waals surface area contributed by atoms with E-state index < -0.39 is 5.67 Å². The molecule has 18 heavy (non-hydrogen) atoms. The van der Waals surface area contributed by atoms with E-state index in [9.17, 15) is 4.39 Å². The number of halogens is 1. The minimum absolute atomic E-state index is 0.225. The van der Waals surface area contributed by atoms with Gasteiger partial charge in [-0.15, -0.1) is 0 Å². The zero-order valence-electron chi connectivity index (χ0n) is 10.8. The van der Waals surface area contributed by atoms with Gasteiger partial charge in [0.05, 0.1) is 0 Å². The normalized spacial score (nSPS) is 22.5. The fourth-order valence-electron chi connectivity index (χ4n) is 2.71. The van der Waals surface area contributed by atoms with Gasteiger partial charge in [-0.3, -0.25) is 0 Å². The molecule has 1 saturated heterocycles. The summed E-state index contributed by atoms with van der Waals surface area (Å²) in [5, 5.41) is 3.41. The molecule has 3 rings (SSSR count). The summed E-state index contributed by atoms with van der Waals surface area (Å²) >= 11 is 0. The Kier molecular flexibility index (Phi) is 2.70. The van der Waals surface area contributed by atoms with Crippen molar-refractivity contribution >= 4 is 0 Å². The molecule has 1 aromatic carbocycles. The van der Waals surface area contributed by atoms with E-state index in [1.165, 1.54) is 0 Å². The van der Waals surface area contributed by atoms with Crippen LogP contribution in [0.3, 0.4) is 0 Å². The number of rotatable bonds is 2. The summed E-state index contributed by atoms with van der Waals surface area (Å²) in [7, 11) is 0. The highest BCUT2D eigenvalue weighted by Gasteiger charge is 2.31. The quantitative estimate of drug-likeness (QED) is 0.876. The van der Waals surface area contributed by atoms with Crippen LogP contribution in [-0.4, -0.2) is 13.3 Å². The van der Waals surface area contributed by atoms with Gasteiger partial charge in [0, 0.05) is 6.04 Å². The van der Waals surface area contributed by atoms with Crippen LogP contribution in [0.15, 0.2) is 12.1 Å². The van der Waals surface area contributed by atoms with Gasteiger partial charge in [-0.05, 0) is 56.5 Å². The van der Waals surface area contributed by atoms with Crippen LogP contribution in [0, 0.1) is 0 Å². The molecule has 1 aromatic rings. The molecule has 1 unspecified atom stereocenters. The van der Waals surface area contributed by atoms with Crippen molar-refractivity contribution in [3.63, 3.8) is 0 Å². The fraction of sp³-hybridized carbons (Fsp3) is 0.571. The van der Waals surface area contributed by atoms with Crippen molar-refractivity contribution in [2.45, 2.75) is 38.4 Å². The van der Waals surface area contributed by atoms with Gasteiger partial charge in [-0.2, -0.15) is 0 Å². The molecule has 0 amide bonds. The molecule has 2 aliphatic rings. The molecule has 0 saturated carbocycles. The maximum absolute atomic E-state index is 14.4. The van der Waals surface area contributed by atoms with Crippen LogP contribution in [-0.2, 0) is 5.67 Å². The molecule has 1 atom stereocenters. The molecule has 1 N–H and O–H groups in total. The van der Waals surface area contributed by atoms with Gasteiger partial charge < -0.3 is 14.8 Å². The van der Waals surface area contributed by atoms with Gasteiger partial charge in [0.25, 0.3) is 0 Å². The molecule has 0 bridgehead atoms. The first-order valence-electron chi connectivity index (χ1n) is 6.42. The Hall–Kier alpha value is -1.29. The maximum Gasteiger partial charge on any atom is 0.231 e. The predicted octanol–water partition coefficient (Wildman–Crippen LogP) is 3.04. The van der Waals surface area contributed by atoms with Crippen LogP contribution in [0.2, 0.25) is 0 Å². The third-order valence-corrected chi connectivity index (χ3v) is 3.62. The van der Waals surface area contributed by atoms with Crippen molar-refractivity contribution in [1.82, 2.24) is 5.32 Å². The Morgan fingerprint density at radius 3 is 2.61 bits per heavy atom. The molecule has 4 heteroatoms. The first-order chi connectivity index (χ1) is 8.55. The molecule has 1 fully saturated rings. The van der Waals surface area contributed by atoms with Gasteiger partial charge in [-0.1, -0.05) is 0 Å². The van der Waals surface area contributed by atoms with E-state index in [-0.39, 0.29) is 12.8 Å². The second-order valence-electron chi connectivity index (χ2n) is 5.41. The molecule has 3 nitrogen and oxygen atoms in total. The molecule has 98 valence electrons. The molecular formula is C14H18FNO2. The Balaban J connectivity index is 2.09. The smallest absolute Gasteiger partial charge is 0.231 e. The molecule has 0 radical (unpaired) electrons. The summed E-state index contributed by atoms with van der Waals surface area (Å²) in [5.74, 6) is 1.38. The molecular weight excluding hydrogens is 233 g/mol. The second-order valence-corrected chi connectivity index (χ2v) is 5.41. The summed E-state index contributed by atoms with van der Waals surface area (Å²) in [4.78, 5) is 0. The van der Waals surface area contributed by atoms with Crippen LogP contribution in [0.4, 0.5) is 4.39 Å². The van der Waals surface area contributed by atoms with E-state index in [4.69, 9.17) is 9.47 Å². The SMILES string of the molecule is CC(C)(F)c1cc2c(cc1C1CCCN1)OCO2. The summed E-state index contributed by atoms with van der Waals surface area (Å²) in [5.41, 5.74) is 0.330. The molecule has 0 aliphatic carbocycles. The number of benzene rings is 1. The van der Waals surface area contributed by atoms with Crippen molar-refractivity contribution in [3.8, 4) is 11.5 Å². The van der Waals surface area contributed by atoms with E-state index >= 15 is 0 Å². The predicted molar refractivity (Wildman–Crippen MR) is 66.7 cm³/mol. The first-order valence-corrected chi connectivity index (χ1v) is 6.42. The molecule has 2 heterocycles. The fourth-order valence-corrected chi connectivity index (χ4v) is 2.71. The lowest BCUT2D eigenvalue weighted by atomic mass is 9.89. The van der Waals surface area contributed by atoms with Crippen LogP contribution < -0.4 is 14.8 Å². The number of fused-ring (bicyclic) bond motifs is 1. The minimum Gasteiger partial charge on any atom is -0.454 e. The summed E-state index contributed by atoms with van der Waals surface area (Å²) in [6.07, 6.45) is 2.17. The van der Waals surface area contributed by atoms with Gasteiger partial charge in [0.15, 0.2) is 11.5 Å². The number of hydrogen-bond donors (Lipinski definition) is 1. The lowest BCUT2D eigenvalue weighted by Gasteiger charge is -2.23. The van der Waals surface area contributed by atoms with Crippen LogP contribution in [0.5, 0.6) is 11.5 Å². The summed E-state index contributed by atoms with van der Waals surface area (Å²) in [6, 6.07) is 3.95. The Labute approximate surface area is 106 Å². The molecule has 0 spiro atoms. The average molecular weight is 251 g/mol. The van der Waals surface area contributed by atoms with Crippen molar-refractivity contribution in [2.24, 2.45) is 0 Å². The van der Waals surface area contributed by atoms with Gasteiger partial charge in [0.1, 0.15) is 5.67 Å². The highest BCUT2D eigenvalue weighted by molar-refractivity contribution is 5.51. The monoisotopic (exact) mass is 251 g/mol. The Bertz CT molecular complexity index is 462. The topological polar surface area (TPSA) is 30.5 Å². The third-order valence-electron chi connectivity index (χ3n) is 3.62. The van der Waals surface area contributed by atoms with E-state index in [0.717, 1.165) is 30.7 Å². The third kappa shape index (κ3) is 1.94. The Morgan fingerprint density at radius 2 is 2.00 bits per heavy atom. The van der Waals surface area contributed by atoms with E-state index in [0.29, 0.717) is 11.3 Å². The summed E-state index contributed by atoms with van der Waals surface area (Å²) < 4.78 is 25.1. The van der Waals surface area contributed by atoms with Crippen LogP contribution >= 0.6 is 0 Å². The van der Waals surface area contributed by atoms with E-state index in [1.807, 2.05) is 6.07 Å². The molecule has 2 aliphatic heterocycles. The number of alkyl halides is 1. The number of ether oxygens (including phenoxy) is 2. The zero-order valence-corrected chi connectivity index (χ0v) is 10.8. The van der Waals surface area contributed by atoms with Gasteiger partial charge in [0.2, 0.25) is 6.79 Å². The number of hydrogen-bond acceptors (Lipinski definition) is 3. The van der Waals surface area contributed by atoms with Crippen LogP contribution in [0.1, 0.15) is 43.9 Å². The Morgan fingerprint density at radius 1 is 1.28 bits per heavy atom. The highest BCUT2D eigenvalue weighted by atomic mass is 19.1. The standard InChI is InChI=1S/C14H18FNO2/c1-14(2,15)10-7-13-12(17-8-18-13)6-9(10)11-4-3-5-16-11/h6-7,11,16H,3-5,8H2,1-2H3. The van der Waals surface area contributed by atoms with Crippen molar-refractivity contribution in [1.29, 1.82) is 0 Å². The first kappa shape index (κ1) is 11.8. The lowest BCUT2D eigenvalue weighted by molar-refractivity contribution is 0.173. The van der Waals surface area contributed by atoms with Crippen molar-refractivity contribution < 1.29 is 13.9 Å². The van der Waals surface area contributed by atoms with Crippen LogP contribution in [0.25, 0.3) is 0 Å². The minimum atomic E-state index is -1.37. The largest absolute Gasteiger partial charge is 0.454 e. The maximum atomic E-state index is 14.4. The lowest BCUT2D eigenvalue weighted by Crippen LogP contribution is -2.19. The number of nitrogens with one attached hydrogen (secondary N) is 1. The zero-order chi connectivity index (χ0) is 12.8. The van der Waals surface area contributed by atoms with Crippen molar-refractivity contribution in [3.05, 3.63) is 23.3 Å². The van der Waals surface area contributed by atoms with Crippen molar-refractivity contribution in [2.75, 3.05) is 13.3 Å². The van der Waals surface area contributed by atoms with Gasteiger partial charge in [-0.25, -0.2) is 4.39 Å². The van der Waals surface area contributed by atoms with E-state index in [1.54, 1.807) is 19.9 Å². The molecule has 0 aromatic heterocycles.